The Balaban J connectivity index is 2.76. The van der Waals surface area contributed by atoms with E-state index in [4.69, 9.17) is 0 Å². The zero-order valence-corrected chi connectivity index (χ0v) is 13.4. The maximum absolute atomic E-state index is 12.7. The van der Waals surface area contributed by atoms with Gasteiger partial charge in [0.1, 0.15) is 16.7 Å². The third kappa shape index (κ3) is 2.85. The van der Waals surface area contributed by atoms with E-state index >= 15 is 0 Å². The van der Waals surface area contributed by atoms with Crippen molar-refractivity contribution in [1.82, 2.24) is 9.55 Å². The lowest BCUT2D eigenvalue weighted by Gasteiger charge is -2.17. The number of fused-ring (bicyclic) bond motifs is 1. The first-order valence-corrected chi connectivity index (χ1v) is 8.11. The maximum atomic E-state index is 12.7. The van der Waals surface area contributed by atoms with Crippen LogP contribution in [0, 0.1) is 0 Å². The Bertz CT molecular complexity index is 718. The minimum atomic E-state index is -0.982. The van der Waals surface area contributed by atoms with Crippen LogP contribution in [0.15, 0.2) is 10.9 Å². The Morgan fingerprint density at radius 1 is 1.43 bits per heavy atom. The highest BCUT2D eigenvalue weighted by Crippen LogP contribution is 2.24. The van der Waals surface area contributed by atoms with Gasteiger partial charge in [-0.1, -0.05) is 20.8 Å². The topological polar surface area (TPSA) is 72.2 Å². The number of carboxylic acids is 1. The molecule has 0 aliphatic heterocycles. The van der Waals surface area contributed by atoms with Gasteiger partial charge in [0.05, 0.1) is 5.39 Å². The van der Waals surface area contributed by atoms with Gasteiger partial charge in [0.15, 0.2) is 0 Å². The first-order chi connectivity index (χ1) is 10.0. The molecule has 2 heterocycles. The number of aryl methyl sites for hydroxylation is 2. The average molecular weight is 308 g/mol. The molecule has 2 rings (SSSR count). The second kappa shape index (κ2) is 6.39. The summed E-state index contributed by atoms with van der Waals surface area (Å²) in [7, 11) is 0. The second-order valence-electron chi connectivity index (χ2n) is 5.00. The summed E-state index contributed by atoms with van der Waals surface area (Å²) in [6.45, 7) is 5.80. The monoisotopic (exact) mass is 308 g/mol. The zero-order valence-electron chi connectivity index (χ0n) is 12.5. The van der Waals surface area contributed by atoms with E-state index in [-0.39, 0.29) is 5.56 Å². The lowest BCUT2D eigenvalue weighted by molar-refractivity contribution is -0.141. The molecule has 2 aromatic heterocycles. The molecule has 21 heavy (non-hydrogen) atoms. The fourth-order valence-corrected chi connectivity index (χ4v) is 3.43. The van der Waals surface area contributed by atoms with E-state index in [0.29, 0.717) is 24.1 Å². The van der Waals surface area contributed by atoms with E-state index in [2.05, 4.69) is 4.98 Å². The number of hydrogen-bond acceptors (Lipinski definition) is 4. The van der Waals surface area contributed by atoms with Crippen LogP contribution in [-0.2, 0) is 17.6 Å². The number of thiophene rings is 1. The summed E-state index contributed by atoms with van der Waals surface area (Å²) in [5.74, 6) is -0.405. The van der Waals surface area contributed by atoms with Crippen molar-refractivity contribution >= 4 is 27.5 Å². The Labute approximate surface area is 127 Å². The molecule has 0 saturated carbocycles. The van der Waals surface area contributed by atoms with Gasteiger partial charge in [0.25, 0.3) is 5.56 Å². The maximum Gasteiger partial charge on any atom is 0.326 e. The lowest BCUT2D eigenvalue weighted by atomic mass is 10.2. The van der Waals surface area contributed by atoms with Crippen LogP contribution in [0.4, 0.5) is 0 Å². The highest BCUT2D eigenvalue weighted by molar-refractivity contribution is 7.18. The fraction of sp³-hybridized carbons (Fsp3) is 0.533. The quantitative estimate of drug-likeness (QED) is 0.890. The molecule has 2 aromatic rings. The van der Waals surface area contributed by atoms with Gasteiger partial charge in [-0.15, -0.1) is 11.3 Å². The molecular weight excluding hydrogens is 288 g/mol. The van der Waals surface area contributed by atoms with Gasteiger partial charge < -0.3 is 5.11 Å². The van der Waals surface area contributed by atoms with Crippen molar-refractivity contribution in [1.29, 1.82) is 0 Å². The Hall–Kier alpha value is -1.69. The summed E-state index contributed by atoms with van der Waals surface area (Å²) < 4.78 is 1.38. The van der Waals surface area contributed by atoms with Crippen LogP contribution in [0.1, 0.15) is 50.4 Å². The normalized spacial score (nSPS) is 12.7. The minimum absolute atomic E-state index is 0.228. The zero-order chi connectivity index (χ0) is 15.6. The molecule has 1 atom stereocenters. The molecule has 0 aliphatic rings. The van der Waals surface area contributed by atoms with Crippen LogP contribution in [0.3, 0.4) is 0 Å². The highest BCUT2D eigenvalue weighted by Gasteiger charge is 2.24. The third-order valence-electron chi connectivity index (χ3n) is 3.53. The van der Waals surface area contributed by atoms with Crippen LogP contribution < -0.4 is 5.56 Å². The molecule has 0 bridgehead atoms. The van der Waals surface area contributed by atoms with Crippen molar-refractivity contribution in [2.45, 2.75) is 52.5 Å². The van der Waals surface area contributed by atoms with E-state index in [9.17, 15) is 14.7 Å². The van der Waals surface area contributed by atoms with E-state index in [0.717, 1.165) is 22.5 Å². The Morgan fingerprint density at radius 3 is 2.67 bits per heavy atom. The molecule has 0 aliphatic carbocycles. The number of aliphatic carboxylic acids is 1. The predicted octanol–water partition coefficient (Wildman–Crippen LogP) is 3.01. The molecule has 1 unspecified atom stereocenters. The number of carbonyl (C=O) groups is 1. The van der Waals surface area contributed by atoms with Crippen molar-refractivity contribution in [3.8, 4) is 0 Å². The molecule has 1 N–H and O–H groups in total. The summed E-state index contributed by atoms with van der Waals surface area (Å²) >= 11 is 1.52. The number of aromatic nitrogens is 2. The molecule has 0 aromatic carbocycles. The predicted molar refractivity (Wildman–Crippen MR) is 84.2 cm³/mol. The molecule has 5 nitrogen and oxygen atoms in total. The number of hydrogen-bond donors (Lipinski definition) is 1. The van der Waals surface area contributed by atoms with E-state index in [1.54, 1.807) is 6.92 Å². The largest absolute Gasteiger partial charge is 0.480 e. The third-order valence-corrected chi connectivity index (χ3v) is 4.70. The van der Waals surface area contributed by atoms with Gasteiger partial charge in [0.2, 0.25) is 0 Å². The van der Waals surface area contributed by atoms with Gasteiger partial charge in [-0.3, -0.25) is 9.36 Å². The van der Waals surface area contributed by atoms with Crippen molar-refractivity contribution in [2.75, 3.05) is 0 Å². The van der Waals surface area contributed by atoms with Gasteiger partial charge in [-0.05, 0) is 25.3 Å². The van der Waals surface area contributed by atoms with Crippen molar-refractivity contribution < 1.29 is 9.90 Å². The number of carboxylic acid groups (broad SMARTS) is 1. The van der Waals surface area contributed by atoms with Gasteiger partial charge in [-0.2, -0.15) is 0 Å². The molecule has 0 fully saturated rings. The van der Waals surface area contributed by atoms with Crippen LogP contribution in [0.25, 0.3) is 10.2 Å². The fourth-order valence-electron chi connectivity index (χ4n) is 2.45. The Morgan fingerprint density at radius 2 is 2.14 bits per heavy atom. The first kappa shape index (κ1) is 15.7. The van der Waals surface area contributed by atoms with Gasteiger partial charge in [0, 0.05) is 11.3 Å². The number of nitrogens with zero attached hydrogens (tertiary/aromatic N) is 2. The smallest absolute Gasteiger partial charge is 0.326 e. The number of rotatable bonds is 6. The molecule has 6 heteroatoms. The second-order valence-corrected chi connectivity index (χ2v) is 6.12. The lowest BCUT2D eigenvalue weighted by Crippen LogP contribution is -2.32. The summed E-state index contributed by atoms with van der Waals surface area (Å²) in [6, 6.07) is 0.997. The molecule has 0 spiro atoms. The Kier molecular flexibility index (Phi) is 4.77. The molecule has 0 amide bonds. The summed E-state index contributed by atoms with van der Waals surface area (Å²) in [5.41, 5.74) is -0.228. The minimum Gasteiger partial charge on any atom is -0.480 e. The average Bonchev–Trinajstić information content (AvgIpc) is 2.86. The SMILES string of the molecule is CCCc1nc2sc(CC)cc2c(=O)n1C(CC)C(=O)O. The van der Waals surface area contributed by atoms with Crippen LogP contribution in [-0.4, -0.2) is 20.6 Å². The van der Waals surface area contributed by atoms with Crippen molar-refractivity contribution in [3.05, 3.63) is 27.1 Å². The molecule has 114 valence electrons. The first-order valence-electron chi connectivity index (χ1n) is 7.30. The summed E-state index contributed by atoms with van der Waals surface area (Å²) in [5, 5.41) is 9.92. The van der Waals surface area contributed by atoms with Crippen LogP contribution in [0.2, 0.25) is 0 Å². The van der Waals surface area contributed by atoms with Gasteiger partial charge in [-0.25, -0.2) is 9.78 Å². The van der Waals surface area contributed by atoms with E-state index in [1.807, 2.05) is 19.9 Å². The van der Waals surface area contributed by atoms with Crippen LogP contribution in [0.5, 0.6) is 0 Å². The molecule has 0 saturated heterocycles. The highest BCUT2D eigenvalue weighted by atomic mass is 32.1. The van der Waals surface area contributed by atoms with Gasteiger partial charge >= 0.3 is 5.97 Å². The van der Waals surface area contributed by atoms with E-state index < -0.39 is 12.0 Å². The van der Waals surface area contributed by atoms with Crippen molar-refractivity contribution in [3.63, 3.8) is 0 Å². The van der Waals surface area contributed by atoms with Crippen LogP contribution >= 0.6 is 11.3 Å². The summed E-state index contributed by atoms with van der Waals surface area (Å²) in [4.78, 5) is 30.6. The molecule has 0 radical (unpaired) electrons. The molecular formula is C15H20N2O3S. The van der Waals surface area contributed by atoms with Crippen molar-refractivity contribution in [2.24, 2.45) is 0 Å². The standard InChI is InChI=1S/C15H20N2O3S/c1-4-7-12-16-13-10(8-9(5-2)21-13)14(18)17(12)11(6-3)15(19)20/h8,11H,4-7H2,1-3H3,(H,19,20). The van der Waals surface area contributed by atoms with E-state index in [1.165, 1.54) is 15.9 Å². The summed E-state index contributed by atoms with van der Waals surface area (Å²) in [6.07, 6.45) is 2.64.